The van der Waals surface area contributed by atoms with Gasteiger partial charge >= 0.3 is 0 Å². The highest BCUT2D eigenvalue weighted by Gasteiger charge is 2.21. The van der Waals surface area contributed by atoms with E-state index in [9.17, 15) is 0 Å². The van der Waals surface area contributed by atoms with Crippen LogP contribution in [0.5, 0.6) is 0 Å². The Kier molecular flexibility index (Phi) is 9.06. The molecule has 0 saturated carbocycles. The van der Waals surface area contributed by atoms with Crippen LogP contribution < -0.4 is 16.0 Å². The number of hydrogen-bond donors (Lipinski definition) is 2. The first-order chi connectivity index (χ1) is 25.2. The molecule has 4 heteroatoms. The Hall–Kier alpha value is -6.49. The van der Waals surface area contributed by atoms with Crippen LogP contribution in [0.3, 0.4) is 0 Å². The van der Waals surface area contributed by atoms with Gasteiger partial charge in [-0.15, -0.1) is 0 Å². The lowest BCUT2D eigenvalue weighted by Gasteiger charge is -2.29. The molecule has 0 radical (unpaired) electrons. The van der Waals surface area contributed by atoms with Crippen LogP contribution >= 0.6 is 0 Å². The molecular formula is C47H38N4. The minimum Gasteiger partial charge on any atom is -0.383 e. The van der Waals surface area contributed by atoms with Gasteiger partial charge in [0.1, 0.15) is 12.0 Å². The summed E-state index contributed by atoms with van der Waals surface area (Å²) < 4.78 is 0. The second kappa shape index (κ2) is 14.6. The third-order valence-corrected chi connectivity index (χ3v) is 9.43. The number of rotatable bonds is 9. The average Bonchev–Trinajstić information content (AvgIpc) is 3.37. The zero-order chi connectivity index (χ0) is 34.4. The first-order valence-electron chi connectivity index (χ1n) is 17.3. The predicted molar refractivity (Wildman–Crippen MR) is 215 cm³/mol. The summed E-state index contributed by atoms with van der Waals surface area (Å²) in [6, 6.07) is 63.6. The molecule has 1 atom stereocenters. The van der Waals surface area contributed by atoms with Gasteiger partial charge in [-0.1, -0.05) is 176 Å². The first-order valence-corrected chi connectivity index (χ1v) is 17.3. The SMILES string of the molecule is N/C(=N\C(NCN1c2ccccc2C=Cc2cc(-c3ccc(-c4ccc(-c5ccccc5)cc4)cc3)ccc21)c1ccccc1)c1ccccc1. The number of nitrogens with one attached hydrogen (secondary N) is 1. The third kappa shape index (κ3) is 7.00. The van der Waals surface area contributed by atoms with Crippen LogP contribution in [0.4, 0.5) is 11.4 Å². The standard InChI is InChI=1S/C47H38N4/c48-46(40-15-6-2-7-16-40)50-47(41-17-8-3-9-18-41)49-33-51-44-19-11-10-14-39(44)28-29-43-32-42(30-31-45(43)51)38-26-24-37(25-27-38)36-22-20-35(21-23-36)34-12-4-1-5-13-34/h1-32,47,49H,33H2,(H2,48,50). The second-order valence-electron chi connectivity index (χ2n) is 12.7. The molecule has 0 aliphatic carbocycles. The summed E-state index contributed by atoms with van der Waals surface area (Å²) in [5.74, 6) is 0.496. The van der Waals surface area contributed by atoms with Gasteiger partial charge in [-0.05, 0) is 68.3 Å². The lowest BCUT2D eigenvalue weighted by Crippen LogP contribution is -2.34. The highest BCUT2D eigenvalue weighted by Crippen LogP contribution is 2.38. The molecule has 1 heterocycles. The molecule has 0 saturated heterocycles. The van der Waals surface area contributed by atoms with Crippen molar-refractivity contribution in [3.05, 3.63) is 204 Å². The molecule has 0 fully saturated rings. The number of nitrogens with zero attached hydrogens (tertiary/aromatic N) is 2. The Morgan fingerprint density at radius 2 is 0.961 bits per heavy atom. The van der Waals surface area contributed by atoms with E-state index >= 15 is 0 Å². The number of amidine groups is 1. The van der Waals surface area contributed by atoms with Crippen LogP contribution in [0.2, 0.25) is 0 Å². The number of nitrogens with two attached hydrogens (primary N) is 1. The van der Waals surface area contributed by atoms with Gasteiger partial charge in [-0.2, -0.15) is 0 Å². The van der Waals surface area contributed by atoms with Crippen molar-refractivity contribution in [1.29, 1.82) is 0 Å². The fraction of sp³-hybridized carbons (Fsp3) is 0.0426. The maximum Gasteiger partial charge on any atom is 0.129 e. The number of anilines is 2. The molecule has 1 unspecified atom stereocenters. The van der Waals surface area contributed by atoms with Crippen molar-refractivity contribution in [2.45, 2.75) is 6.17 Å². The van der Waals surface area contributed by atoms with Gasteiger partial charge in [0, 0.05) is 16.9 Å². The summed E-state index contributed by atoms with van der Waals surface area (Å²) >= 11 is 0. The Morgan fingerprint density at radius 3 is 1.61 bits per heavy atom. The molecule has 1 aliphatic rings. The fourth-order valence-electron chi connectivity index (χ4n) is 6.68. The Balaban J connectivity index is 1.07. The normalized spacial score (nSPS) is 12.9. The van der Waals surface area contributed by atoms with Gasteiger partial charge in [0.25, 0.3) is 0 Å². The lowest BCUT2D eigenvalue weighted by molar-refractivity contribution is 0.561. The summed E-state index contributed by atoms with van der Waals surface area (Å²) in [5.41, 5.74) is 20.2. The number of para-hydroxylation sites is 1. The molecule has 7 aromatic carbocycles. The summed E-state index contributed by atoms with van der Waals surface area (Å²) in [4.78, 5) is 7.31. The smallest absolute Gasteiger partial charge is 0.129 e. The fourth-order valence-corrected chi connectivity index (χ4v) is 6.68. The van der Waals surface area contributed by atoms with Crippen LogP contribution in [-0.2, 0) is 0 Å². The zero-order valence-electron chi connectivity index (χ0n) is 28.2. The summed E-state index contributed by atoms with van der Waals surface area (Å²) in [5, 5.41) is 3.73. The molecule has 4 nitrogen and oxygen atoms in total. The second-order valence-corrected chi connectivity index (χ2v) is 12.7. The summed E-state index contributed by atoms with van der Waals surface area (Å²) in [6.45, 7) is 0.522. The highest BCUT2D eigenvalue weighted by atomic mass is 15.3. The Bertz CT molecular complexity index is 2290. The molecule has 1 aliphatic heterocycles. The van der Waals surface area contributed by atoms with E-state index in [-0.39, 0.29) is 6.17 Å². The van der Waals surface area contributed by atoms with Crippen molar-refractivity contribution in [3.8, 4) is 33.4 Å². The van der Waals surface area contributed by atoms with Gasteiger partial charge < -0.3 is 10.6 Å². The third-order valence-electron chi connectivity index (χ3n) is 9.43. The maximum absolute atomic E-state index is 6.55. The average molecular weight is 659 g/mol. The van der Waals surface area contributed by atoms with E-state index in [0.29, 0.717) is 12.5 Å². The van der Waals surface area contributed by atoms with Crippen LogP contribution in [0.1, 0.15) is 28.4 Å². The zero-order valence-corrected chi connectivity index (χ0v) is 28.2. The van der Waals surface area contributed by atoms with Gasteiger partial charge in [-0.3, -0.25) is 5.32 Å². The predicted octanol–water partition coefficient (Wildman–Crippen LogP) is 11.0. The molecule has 0 spiro atoms. The molecular weight excluding hydrogens is 621 g/mol. The van der Waals surface area contributed by atoms with E-state index in [2.05, 4.69) is 156 Å². The number of hydrogen-bond acceptors (Lipinski definition) is 3. The van der Waals surface area contributed by atoms with Gasteiger partial charge in [-0.25, -0.2) is 4.99 Å². The molecule has 51 heavy (non-hydrogen) atoms. The van der Waals surface area contributed by atoms with Crippen LogP contribution in [-0.4, -0.2) is 12.5 Å². The Morgan fingerprint density at radius 1 is 0.490 bits per heavy atom. The van der Waals surface area contributed by atoms with E-state index in [1.54, 1.807) is 0 Å². The van der Waals surface area contributed by atoms with Crippen molar-refractivity contribution >= 4 is 29.4 Å². The molecule has 0 bridgehead atoms. The monoisotopic (exact) mass is 658 g/mol. The van der Waals surface area contributed by atoms with Crippen LogP contribution in [0.15, 0.2) is 187 Å². The van der Waals surface area contributed by atoms with E-state index in [1.165, 1.54) is 33.4 Å². The minimum absolute atomic E-state index is 0.342. The molecule has 3 N–H and O–H groups in total. The minimum atomic E-state index is -0.342. The van der Waals surface area contributed by atoms with E-state index < -0.39 is 0 Å². The largest absolute Gasteiger partial charge is 0.383 e. The molecule has 8 rings (SSSR count). The number of aliphatic imine (C=N–C) groups is 1. The lowest BCUT2D eigenvalue weighted by atomic mass is 9.97. The Labute approximate surface area is 299 Å². The summed E-state index contributed by atoms with van der Waals surface area (Å²) in [7, 11) is 0. The van der Waals surface area contributed by atoms with Crippen LogP contribution in [0.25, 0.3) is 45.5 Å². The van der Waals surface area contributed by atoms with Crippen molar-refractivity contribution in [3.63, 3.8) is 0 Å². The van der Waals surface area contributed by atoms with E-state index in [4.69, 9.17) is 10.7 Å². The molecule has 0 aromatic heterocycles. The van der Waals surface area contributed by atoms with Crippen molar-refractivity contribution in [2.75, 3.05) is 11.6 Å². The van der Waals surface area contributed by atoms with Gasteiger partial charge in [0.05, 0.1) is 6.67 Å². The highest BCUT2D eigenvalue weighted by molar-refractivity contribution is 5.97. The molecule has 7 aromatic rings. The van der Waals surface area contributed by atoms with Crippen molar-refractivity contribution in [2.24, 2.45) is 10.7 Å². The van der Waals surface area contributed by atoms with Gasteiger partial charge in [0.2, 0.25) is 0 Å². The quantitative estimate of drug-likeness (QED) is 0.120. The van der Waals surface area contributed by atoms with Crippen LogP contribution in [0, 0.1) is 0 Å². The maximum atomic E-state index is 6.55. The first kappa shape index (κ1) is 31.8. The van der Waals surface area contributed by atoms with Gasteiger partial charge in [0.15, 0.2) is 0 Å². The topological polar surface area (TPSA) is 53.6 Å². The van der Waals surface area contributed by atoms with E-state index in [0.717, 1.165) is 33.6 Å². The van der Waals surface area contributed by atoms with Crippen molar-refractivity contribution in [1.82, 2.24) is 5.32 Å². The number of fused-ring (bicyclic) bond motifs is 2. The van der Waals surface area contributed by atoms with Crippen molar-refractivity contribution < 1.29 is 0 Å². The van der Waals surface area contributed by atoms with E-state index in [1.807, 2.05) is 48.5 Å². The number of benzene rings is 7. The molecule has 246 valence electrons. The molecule has 0 amide bonds. The summed E-state index contributed by atoms with van der Waals surface area (Å²) in [6.07, 6.45) is 4.09.